The fourth-order valence-corrected chi connectivity index (χ4v) is 3.22. The number of aliphatic hydroxyl groups is 1. The summed E-state index contributed by atoms with van der Waals surface area (Å²) in [5.74, 6) is 0.519. The maximum atomic E-state index is 13.9. The Hall–Kier alpha value is -1.82. The second-order valence-electron chi connectivity index (χ2n) is 6.31. The highest BCUT2D eigenvalue weighted by Crippen LogP contribution is 2.18. The molecule has 1 aliphatic rings. The summed E-state index contributed by atoms with van der Waals surface area (Å²) < 4.78 is 19.4. The third kappa shape index (κ3) is 5.08. The van der Waals surface area contributed by atoms with Crippen LogP contribution in [0.3, 0.4) is 0 Å². The number of quaternary nitrogens is 1. The second kappa shape index (κ2) is 8.52. The molecule has 0 radical (unpaired) electrons. The molecular formula is C19H23ClFN2O2+. The number of anilines is 1. The summed E-state index contributed by atoms with van der Waals surface area (Å²) in [6.07, 6.45) is -0.536. The Kier molecular flexibility index (Phi) is 6.13. The molecule has 0 bridgehead atoms. The molecule has 2 aromatic rings. The number of nitrogens with zero attached hydrogens (tertiary/aromatic N) is 1. The lowest BCUT2D eigenvalue weighted by atomic mass is 10.2. The van der Waals surface area contributed by atoms with Crippen LogP contribution in [-0.4, -0.2) is 50.5 Å². The maximum Gasteiger partial charge on any atom is 0.146 e. The van der Waals surface area contributed by atoms with E-state index in [1.165, 1.54) is 11.0 Å². The van der Waals surface area contributed by atoms with Crippen molar-refractivity contribution in [2.75, 3.05) is 44.2 Å². The number of ether oxygens (including phenoxy) is 1. The van der Waals surface area contributed by atoms with Gasteiger partial charge in [0.15, 0.2) is 0 Å². The van der Waals surface area contributed by atoms with Gasteiger partial charge >= 0.3 is 0 Å². The first-order valence-corrected chi connectivity index (χ1v) is 8.89. The van der Waals surface area contributed by atoms with Gasteiger partial charge in [-0.15, -0.1) is 0 Å². The number of hydrogen-bond acceptors (Lipinski definition) is 3. The Bertz CT molecular complexity index is 675. The van der Waals surface area contributed by atoms with Crippen molar-refractivity contribution in [1.82, 2.24) is 0 Å². The summed E-state index contributed by atoms with van der Waals surface area (Å²) in [4.78, 5) is 3.37. The third-order valence-corrected chi connectivity index (χ3v) is 4.70. The molecule has 6 heteroatoms. The Balaban J connectivity index is 1.42. The molecule has 25 heavy (non-hydrogen) atoms. The minimum Gasteiger partial charge on any atom is -0.491 e. The van der Waals surface area contributed by atoms with Crippen molar-refractivity contribution in [3.8, 4) is 5.75 Å². The quantitative estimate of drug-likeness (QED) is 0.817. The van der Waals surface area contributed by atoms with Gasteiger partial charge in [0.1, 0.15) is 30.8 Å². The minimum absolute atomic E-state index is 0.178. The van der Waals surface area contributed by atoms with E-state index in [-0.39, 0.29) is 12.4 Å². The van der Waals surface area contributed by atoms with Crippen LogP contribution in [0.5, 0.6) is 5.75 Å². The topological polar surface area (TPSA) is 37.1 Å². The van der Waals surface area contributed by atoms with Gasteiger partial charge in [-0.05, 0) is 36.4 Å². The van der Waals surface area contributed by atoms with Crippen LogP contribution in [0.4, 0.5) is 10.1 Å². The lowest BCUT2D eigenvalue weighted by Gasteiger charge is -2.34. The molecule has 1 saturated heterocycles. The summed E-state index contributed by atoms with van der Waals surface area (Å²) in [5, 5.41) is 10.9. The van der Waals surface area contributed by atoms with Crippen LogP contribution in [-0.2, 0) is 0 Å². The van der Waals surface area contributed by atoms with Crippen LogP contribution < -0.4 is 14.5 Å². The Morgan fingerprint density at radius 3 is 2.48 bits per heavy atom. The summed E-state index contributed by atoms with van der Waals surface area (Å²) in [7, 11) is 0. The second-order valence-corrected chi connectivity index (χ2v) is 6.75. The molecule has 1 fully saturated rings. The van der Waals surface area contributed by atoms with E-state index in [0.717, 1.165) is 26.2 Å². The van der Waals surface area contributed by atoms with Crippen molar-refractivity contribution in [3.63, 3.8) is 0 Å². The molecule has 1 aliphatic heterocycles. The number of benzene rings is 2. The third-order valence-electron chi connectivity index (χ3n) is 4.44. The smallest absolute Gasteiger partial charge is 0.146 e. The van der Waals surface area contributed by atoms with Crippen molar-refractivity contribution in [2.45, 2.75) is 6.10 Å². The normalized spacial score (nSPS) is 16.7. The Labute approximate surface area is 152 Å². The van der Waals surface area contributed by atoms with Gasteiger partial charge < -0.3 is 19.6 Å². The highest BCUT2D eigenvalue weighted by atomic mass is 35.5. The van der Waals surface area contributed by atoms with Crippen molar-refractivity contribution in [1.29, 1.82) is 0 Å². The average molecular weight is 366 g/mol. The minimum atomic E-state index is -0.536. The van der Waals surface area contributed by atoms with Crippen LogP contribution in [0.15, 0.2) is 48.5 Å². The van der Waals surface area contributed by atoms with Crippen molar-refractivity contribution in [2.24, 2.45) is 0 Å². The van der Waals surface area contributed by atoms with E-state index in [2.05, 4.69) is 4.90 Å². The molecule has 0 spiro atoms. The average Bonchev–Trinajstić information content (AvgIpc) is 2.62. The van der Waals surface area contributed by atoms with E-state index in [1.54, 1.807) is 30.3 Å². The molecule has 0 aromatic heterocycles. The first-order chi connectivity index (χ1) is 12.1. The zero-order chi connectivity index (χ0) is 17.6. The highest BCUT2D eigenvalue weighted by molar-refractivity contribution is 6.30. The predicted molar refractivity (Wildman–Crippen MR) is 97.1 cm³/mol. The molecule has 0 amide bonds. The maximum absolute atomic E-state index is 13.9. The fraction of sp³-hybridized carbons (Fsp3) is 0.368. The van der Waals surface area contributed by atoms with Crippen molar-refractivity contribution >= 4 is 17.3 Å². The van der Waals surface area contributed by atoms with Crippen LogP contribution in [0.2, 0.25) is 5.02 Å². The zero-order valence-electron chi connectivity index (χ0n) is 14.0. The van der Waals surface area contributed by atoms with Crippen LogP contribution in [0.1, 0.15) is 0 Å². The largest absolute Gasteiger partial charge is 0.491 e. The van der Waals surface area contributed by atoms with Gasteiger partial charge in [-0.1, -0.05) is 23.7 Å². The van der Waals surface area contributed by atoms with E-state index in [0.29, 0.717) is 23.0 Å². The van der Waals surface area contributed by atoms with Crippen molar-refractivity contribution < 1.29 is 19.1 Å². The van der Waals surface area contributed by atoms with Gasteiger partial charge in [0.25, 0.3) is 0 Å². The van der Waals surface area contributed by atoms with Gasteiger partial charge in [0, 0.05) is 5.02 Å². The van der Waals surface area contributed by atoms with Crippen LogP contribution in [0, 0.1) is 5.82 Å². The van der Waals surface area contributed by atoms with E-state index in [1.807, 2.05) is 12.1 Å². The summed E-state index contributed by atoms with van der Waals surface area (Å²) in [6.45, 7) is 4.17. The molecule has 2 aromatic carbocycles. The molecule has 4 nitrogen and oxygen atoms in total. The van der Waals surface area contributed by atoms with E-state index in [9.17, 15) is 9.50 Å². The number of rotatable bonds is 6. The Morgan fingerprint density at radius 2 is 1.80 bits per heavy atom. The molecule has 0 saturated carbocycles. The first kappa shape index (κ1) is 18.0. The molecule has 1 atom stereocenters. The summed E-state index contributed by atoms with van der Waals surface area (Å²) in [6, 6.07) is 14.0. The molecular weight excluding hydrogens is 343 g/mol. The molecule has 3 rings (SSSR count). The van der Waals surface area contributed by atoms with E-state index < -0.39 is 6.10 Å². The van der Waals surface area contributed by atoms with Gasteiger partial charge in [0.05, 0.1) is 31.9 Å². The van der Waals surface area contributed by atoms with Gasteiger partial charge in [0.2, 0.25) is 0 Å². The van der Waals surface area contributed by atoms with E-state index in [4.69, 9.17) is 16.3 Å². The van der Waals surface area contributed by atoms with Crippen LogP contribution >= 0.6 is 11.6 Å². The monoisotopic (exact) mass is 365 g/mol. The molecule has 1 heterocycles. The molecule has 2 N–H and O–H groups in total. The van der Waals surface area contributed by atoms with Crippen molar-refractivity contribution in [3.05, 3.63) is 59.4 Å². The molecule has 0 unspecified atom stereocenters. The number of halogens is 2. The lowest BCUT2D eigenvalue weighted by Crippen LogP contribution is -3.16. The van der Waals surface area contributed by atoms with Gasteiger partial charge in [-0.2, -0.15) is 0 Å². The Morgan fingerprint density at radius 1 is 1.12 bits per heavy atom. The standard InChI is InChI=1S/C19H22ClFN2O2/c20-15-5-7-17(8-6-15)25-14-16(24)13-22-9-11-23(12-10-22)19-4-2-1-3-18(19)21/h1-8,16,24H,9-14H2/p+1/t16-/m0/s1. The zero-order valence-corrected chi connectivity index (χ0v) is 14.8. The molecule has 134 valence electrons. The van der Waals surface area contributed by atoms with Gasteiger partial charge in [-0.3, -0.25) is 0 Å². The summed E-state index contributed by atoms with van der Waals surface area (Å²) >= 11 is 5.83. The molecule has 0 aliphatic carbocycles. The first-order valence-electron chi connectivity index (χ1n) is 8.51. The number of piperazine rings is 1. The number of hydrogen-bond donors (Lipinski definition) is 2. The number of nitrogens with one attached hydrogen (secondary N) is 1. The predicted octanol–water partition coefficient (Wildman–Crippen LogP) is 1.62. The lowest BCUT2D eigenvalue weighted by molar-refractivity contribution is -0.903. The highest BCUT2D eigenvalue weighted by Gasteiger charge is 2.24. The summed E-state index contributed by atoms with van der Waals surface area (Å²) in [5.41, 5.74) is 0.660. The van der Waals surface area contributed by atoms with Crippen LogP contribution in [0.25, 0.3) is 0 Å². The van der Waals surface area contributed by atoms with Gasteiger partial charge in [-0.25, -0.2) is 4.39 Å². The van der Waals surface area contributed by atoms with E-state index >= 15 is 0 Å². The SMILES string of the molecule is O[C@H](COc1ccc(Cl)cc1)C[NH+]1CCN(c2ccccc2F)CC1. The number of para-hydroxylation sites is 1. The fourth-order valence-electron chi connectivity index (χ4n) is 3.09. The number of aliphatic hydroxyl groups excluding tert-OH is 1.